The Bertz CT molecular complexity index is 1480. The molecule has 0 saturated carbocycles. The third kappa shape index (κ3) is 5.27. The zero-order valence-corrected chi connectivity index (χ0v) is 20.3. The van der Waals surface area contributed by atoms with Crippen LogP contribution in [0.25, 0.3) is 11.3 Å². The molecule has 0 radical (unpaired) electrons. The molecule has 11 nitrogen and oxygen atoms in total. The fourth-order valence-electron chi connectivity index (χ4n) is 3.41. The van der Waals surface area contributed by atoms with Crippen LogP contribution in [0.15, 0.2) is 59.9 Å². The first-order chi connectivity index (χ1) is 16.7. The van der Waals surface area contributed by atoms with Crippen molar-refractivity contribution in [1.29, 1.82) is 0 Å². The number of ether oxygens (including phenoxy) is 1. The minimum absolute atomic E-state index is 0.0301. The average molecular weight is 494 g/mol. The summed E-state index contributed by atoms with van der Waals surface area (Å²) in [6.07, 6.45) is 3.98. The third-order valence-corrected chi connectivity index (χ3v) is 6.36. The Kier molecular flexibility index (Phi) is 6.47. The molecule has 0 atom stereocenters. The summed E-state index contributed by atoms with van der Waals surface area (Å²) in [5.41, 5.74) is 3.43. The quantitative estimate of drug-likeness (QED) is 0.400. The van der Waals surface area contributed by atoms with Crippen LogP contribution >= 0.6 is 0 Å². The van der Waals surface area contributed by atoms with E-state index >= 15 is 0 Å². The number of nitrogens with one attached hydrogen (secondary N) is 2. The number of hydrogen-bond donors (Lipinski definition) is 2. The number of anilines is 1. The van der Waals surface area contributed by atoms with Crippen LogP contribution in [0.2, 0.25) is 0 Å². The number of carbonyl (C=O) groups is 1. The van der Waals surface area contributed by atoms with Crippen LogP contribution in [0, 0.1) is 13.8 Å². The van der Waals surface area contributed by atoms with E-state index < -0.39 is 10.0 Å². The zero-order chi connectivity index (χ0) is 25.2. The molecule has 1 aromatic carbocycles. The van der Waals surface area contributed by atoms with Crippen LogP contribution in [0.4, 0.5) is 5.95 Å². The van der Waals surface area contributed by atoms with Crippen molar-refractivity contribution < 1.29 is 17.9 Å². The van der Waals surface area contributed by atoms with Crippen molar-refractivity contribution in [2.75, 3.05) is 11.8 Å². The van der Waals surface area contributed by atoms with Crippen molar-refractivity contribution in [3.05, 3.63) is 71.8 Å². The van der Waals surface area contributed by atoms with Gasteiger partial charge in [-0.1, -0.05) is 18.2 Å². The van der Waals surface area contributed by atoms with E-state index in [4.69, 9.17) is 4.74 Å². The Morgan fingerprint density at radius 2 is 1.80 bits per heavy atom. The van der Waals surface area contributed by atoms with Gasteiger partial charge in [0, 0.05) is 31.9 Å². The largest absolute Gasteiger partial charge is 0.437 e. The van der Waals surface area contributed by atoms with E-state index in [0.717, 1.165) is 16.7 Å². The highest BCUT2D eigenvalue weighted by Crippen LogP contribution is 2.30. The van der Waals surface area contributed by atoms with Crippen LogP contribution < -0.4 is 14.8 Å². The average Bonchev–Trinajstić information content (AvgIpc) is 3.26. The van der Waals surface area contributed by atoms with Crippen molar-refractivity contribution in [2.24, 2.45) is 7.05 Å². The predicted octanol–water partition coefficient (Wildman–Crippen LogP) is 2.84. The Hall–Kier alpha value is -4.32. The first-order valence-electron chi connectivity index (χ1n) is 10.5. The van der Waals surface area contributed by atoms with Crippen molar-refractivity contribution in [2.45, 2.75) is 18.7 Å². The van der Waals surface area contributed by atoms with Gasteiger partial charge in [0.1, 0.15) is 16.3 Å². The molecule has 0 saturated heterocycles. The summed E-state index contributed by atoms with van der Waals surface area (Å²) < 4.78 is 35.4. The van der Waals surface area contributed by atoms with Crippen molar-refractivity contribution in [1.82, 2.24) is 30.0 Å². The number of aryl methyl sites for hydroxylation is 3. The van der Waals surface area contributed by atoms with Crippen LogP contribution in [-0.4, -0.2) is 46.1 Å². The molecule has 0 aliphatic heterocycles. The van der Waals surface area contributed by atoms with Crippen molar-refractivity contribution in [3.8, 4) is 22.9 Å². The second kappa shape index (κ2) is 9.50. The minimum atomic E-state index is -3.99. The van der Waals surface area contributed by atoms with Gasteiger partial charge in [0.25, 0.3) is 15.9 Å². The van der Waals surface area contributed by atoms with Crippen LogP contribution in [-0.2, 0) is 17.1 Å². The van der Waals surface area contributed by atoms with Gasteiger partial charge in [0.15, 0.2) is 0 Å². The Morgan fingerprint density at radius 3 is 2.40 bits per heavy atom. The number of carbonyl (C=O) groups excluding carboxylic acids is 1. The van der Waals surface area contributed by atoms with Gasteiger partial charge < -0.3 is 10.1 Å². The molecule has 1 amide bonds. The number of nitrogens with zero attached hydrogens (tertiary/aromatic N) is 5. The molecule has 0 aliphatic carbocycles. The van der Waals surface area contributed by atoms with E-state index in [9.17, 15) is 13.2 Å². The maximum atomic E-state index is 12.9. The maximum Gasteiger partial charge on any atom is 0.269 e. The summed E-state index contributed by atoms with van der Waals surface area (Å²) >= 11 is 0. The SMILES string of the molecule is CNC(=O)c1ccc(Oc2cc(-c3c(C)cccc3C)nc(NS(=O)(=O)c3cnn(C)c3)n2)cn1. The van der Waals surface area contributed by atoms with Gasteiger partial charge in [-0.15, -0.1) is 0 Å². The van der Waals surface area contributed by atoms with Gasteiger partial charge in [-0.05, 0) is 37.1 Å². The minimum Gasteiger partial charge on any atom is -0.437 e. The van der Waals surface area contributed by atoms with Crippen molar-refractivity contribution in [3.63, 3.8) is 0 Å². The lowest BCUT2D eigenvalue weighted by molar-refractivity contribution is 0.0958. The molecule has 35 heavy (non-hydrogen) atoms. The molecule has 3 aromatic heterocycles. The van der Waals surface area contributed by atoms with Crippen LogP contribution in [0.1, 0.15) is 21.6 Å². The van der Waals surface area contributed by atoms with Crippen LogP contribution in [0.3, 0.4) is 0 Å². The summed E-state index contributed by atoms with van der Waals surface area (Å²) in [6.45, 7) is 3.87. The van der Waals surface area contributed by atoms with E-state index in [1.807, 2.05) is 32.0 Å². The van der Waals surface area contributed by atoms with E-state index in [0.29, 0.717) is 11.4 Å². The smallest absolute Gasteiger partial charge is 0.269 e. The molecule has 4 aromatic rings. The molecular weight excluding hydrogens is 470 g/mol. The van der Waals surface area contributed by atoms with Gasteiger partial charge in [0.2, 0.25) is 11.8 Å². The van der Waals surface area contributed by atoms with Gasteiger partial charge >= 0.3 is 0 Å². The molecule has 2 N–H and O–H groups in total. The lowest BCUT2D eigenvalue weighted by Gasteiger charge is -2.13. The summed E-state index contributed by atoms with van der Waals surface area (Å²) in [4.78, 5) is 24.5. The normalized spacial score (nSPS) is 11.2. The number of amides is 1. The van der Waals surface area contributed by atoms with Gasteiger partial charge in [-0.25, -0.2) is 23.1 Å². The van der Waals surface area contributed by atoms with Gasteiger partial charge in [-0.3, -0.25) is 9.48 Å². The van der Waals surface area contributed by atoms with E-state index in [1.165, 1.54) is 36.4 Å². The Morgan fingerprint density at radius 1 is 1.06 bits per heavy atom. The van der Waals surface area contributed by atoms with E-state index in [2.05, 4.69) is 30.1 Å². The summed E-state index contributed by atoms with van der Waals surface area (Å²) in [7, 11) is -0.860. The topological polar surface area (TPSA) is 141 Å². The highest BCUT2D eigenvalue weighted by molar-refractivity contribution is 7.92. The first-order valence-corrected chi connectivity index (χ1v) is 12.0. The lowest BCUT2D eigenvalue weighted by Crippen LogP contribution is -2.18. The summed E-state index contributed by atoms with van der Waals surface area (Å²) in [5, 5.41) is 6.41. The Balaban J connectivity index is 1.75. The highest BCUT2D eigenvalue weighted by Gasteiger charge is 2.20. The molecule has 3 heterocycles. The monoisotopic (exact) mass is 493 g/mol. The molecule has 12 heteroatoms. The number of pyridine rings is 1. The number of sulfonamides is 1. The Labute approximate surface area is 202 Å². The number of aromatic nitrogens is 5. The van der Waals surface area contributed by atoms with Gasteiger partial charge in [0.05, 0.1) is 18.1 Å². The fraction of sp³-hybridized carbons (Fsp3) is 0.174. The molecule has 180 valence electrons. The summed E-state index contributed by atoms with van der Waals surface area (Å²) in [5.74, 6) is -0.0946. The zero-order valence-electron chi connectivity index (χ0n) is 19.5. The standard InChI is InChI=1S/C23H23N7O4S/c1-14-6-5-7-15(2)21(14)19-10-20(34-16-8-9-18(25-11-16)22(31)24-3)28-23(27-19)29-35(32,33)17-12-26-30(4)13-17/h5-13H,1-4H3,(H,24,31)(H,27,28,29). The maximum absolute atomic E-state index is 12.9. The van der Waals surface area contributed by atoms with Crippen molar-refractivity contribution >= 4 is 21.9 Å². The molecule has 0 fully saturated rings. The number of benzene rings is 1. The van der Waals surface area contributed by atoms with E-state index in [-0.39, 0.29) is 28.3 Å². The molecule has 0 aliphatic rings. The second-order valence-electron chi connectivity index (χ2n) is 7.70. The lowest BCUT2D eigenvalue weighted by atomic mass is 10.00. The fourth-order valence-corrected chi connectivity index (χ4v) is 4.34. The molecule has 4 rings (SSSR count). The second-order valence-corrected chi connectivity index (χ2v) is 9.38. The third-order valence-electron chi connectivity index (χ3n) is 5.08. The predicted molar refractivity (Wildman–Crippen MR) is 129 cm³/mol. The molecule has 0 spiro atoms. The first kappa shape index (κ1) is 23.8. The molecule has 0 bridgehead atoms. The molecular formula is C23H23N7O4S. The van der Waals surface area contributed by atoms with Crippen LogP contribution in [0.5, 0.6) is 11.6 Å². The summed E-state index contributed by atoms with van der Waals surface area (Å²) in [6, 6.07) is 10.5. The van der Waals surface area contributed by atoms with E-state index in [1.54, 1.807) is 19.2 Å². The number of rotatable bonds is 7. The van der Waals surface area contributed by atoms with Gasteiger partial charge in [-0.2, -0.15) is 10.1 Å². The molecule has 0 unspecified atom stereocenters. The highest BCUT2D eigenvalue weighted by atomic mass is 32.2. The number of hydrogen-bond acceptors (Lipinski definition) is 8.